The molecule has 2 rings (SSSR count). The molecular formula is C17H25NO2S. The summed E-state index contributed by atoms with van der Waals surface area (Å²) >= 11 is 0. The number of hydrogen-bond acceptors (Lipinski definition) is 2. The van der Waals surface area contributed by atoms with E-state index in [4.69, 9.17) is 0 Å². The molecule has 0 unspecified atom stereocenters. The van der Waals surface area contributed by atoms with Crippen molar-refractivity contribution in [2.45, 2.75) is 38.5 Å². The minimum atomic E-state index is -3.42. The van der Waals surface area contributed by atoms with Gasteiger partial charge in [-0.3, -0.25) is 0 Å². The van der Waals surface area contributed by atoms with Gasteiger partial charge in [0.15, 0.2) is 0 Å². The van der Waals surface area contributed by atoms with Crippen molar-refractivity contribution in [3.8, 4) is 0 Å². The molecule has 0 radical (unpaired) electrons. The molecule has 0 aliphatic heterocycles. The van der Waals surface area contributed by atoms with Crippen LogP contribution in [0.15, 0.2) is 41.3 Å². The number of rotatable bonds is 5. The van der Waals surface area contributed by atoms with Crippen molar-refractivity contribution in [1.82, 2.24) is 4.72 Å². The van der Waals surface area contributed by atoms with E-state index in [-0.39, 0.29) is 0 Å². The molecule has 0 heterocycles. The Balaban J connectivity index is 2.07. The van der Waals surface area contributed by atoms with Crippen molar-refractivity contribution in [2.24, 2.45) is 17.8 Å². The minimum absolute atomic E-state index is 0.339. The first kappa shape index (κ1) is 16.2. The lowest BCUT2D eigenvalue weighted by molar-refractivity contribution is 0.358. The summed E-state index contributed by atoms with van der Waals surface area (Å²) in [5.41, 5.74) is 2.22. The number of nitrogens with one attached hydrogen (secondary N) is 1. The average molecular weight is 307 g/mol. The van der Waals surface area contributed by atoms with Gasteiger partial charge in [0.25, 0.3) is 0 Å². The summed E-state index contributed by atoms with van der Waals surface area (Å²) in [6.07, 6.45) is 2.27. The fourth-order valence-corrected chi connectivity index (χ4v) is 4.30. The highest BCUT2D eigenvalue weighted by Crippen LogP contribution is 2.40. The van der Waals surface area contributed by atoms with E-state index in [0.717, 1.165) is 18.4 Å². The molecule has 1 aromatic carbocycles. The predicted octanol–water partition coefficient (Wildman–Crippen LogP) is 3.51. The Bertz CT molecular complexity index is 604. The van der Waals surface area contributed by atoms with Crippen LogP contribution in [-0.4, -0.2) is 15.0 Å². The Morgan fingerprint density at radius 1 is 1.29 bits per heavy atom. The molecule has 0 bridgehead atoms. The topological polar surface area (TPSA) is 46.2 Å². The molecule has 1 aromatic rings. The molecule has 1 saturated carbocycles. The zero-order valence-corrected chi connectivity index (χ0v) is 13.9. The summed E-state index contributed by atoms with van der Waals surface area (Å²) in [5.74, 6) is 1.32. The monoisotopic (exact) mass is 307 g/mol. The van der Waals surface area contributed by atoms with Gasteiger partial charge < -0.3 is 0 Å². The van der Waals surface area contributed by atoms with Crippen LogP contribution in [0.1, 0.15) is 32.3 Å². The normalized spacial score (nSPS) is 26.0. The molecule has 1 fully saturated rings. The zero-order chi connectivity index (χ0) is 15.6. The largest absolute Gasteiger partial charge is 0.240 e. The standard InChI is InChI=1S/C17H25NO2S/c1-12(2)16-10-7-14(4)17(16)11-18-21(19,20)15-8-5-13(3)6-9-15/h5-6,8-9,14,16-18H,1,7,10-11H2,2-4H3/t14-,16-,17+/m0/s1. The lowest BCUT2D eigenvalue weighted by atomic mass is 9.87. The fourth-order valence-electron chi connectivity index (χ4n) is 3.23. The van der Waals surface area contributed by atoms with Crippen molar-refractivity contribution in [3.05, 3.63) is 42.0 Å². The molecule has 0 aromatic heterocycles. The van der Waals surface area contributed by atoms with Crippen LogP contribution in [0.3, 0.4) is 0 Å². The van der Waals surface area contributed by atoms with Gasteiger partial charge in [0.2, 0.25) is 10.0 Å². The molecule has 1 aliphatic carbocycles. The van der Waals surface area contributed by atoms with Crippen molar-refractivity contribution in [3.63, 3.8) is 0 Å². The molecule has 116 valence electrons. The van der Waals surface area contributed by atoms with Gasteiger partial charge in [0, 0.05) is 6.54 Å². The zero-order valence-electron chi connectivity index (χ0n) is 13.1. The fraction of sp³-hybridized carbons (Fsp3) is 0.529. The maximum absolute atomic E-state index is 12.3. The third-order valence-corrected chi connectivity index (χ3v) is 6.09. The van der Waals surface area contributed by atoms with Gasteiger partial charge in [0.1, 0.15) is 0 Å². The molecular weight excluding hydrogens is 282 g/mol. The van der Waals surface area contributed by atoms with Crippen LogP contribution in [0, 0.1) is 24.7 Å². The molecule has 4 heteroatoms. The smallest absolute Gasteiger partial charge is 0.211 e. The summed E-state index contributed by atoms with van der Waals surface area (Å²) in [4.78, 5) is 0.339. The average Bonchev–Trinajstić information content (AvgIpc) is 2.78. The third kappa shape index (κ3) is 3.74. The molecule has 0 spiro atoms. The van der Waals surface area contributed by atoms with Crippen LogP contribution in [-0.2, 0) is 10.0 Å². The van der Waals surface area contributed by atoms with Crippen LogP contribution in [0.25, 0.3) is 0 Å². The Morgan fingerprint density at radius 3 is 2.48 bits per heavy atom. The quantitative estimate of drug-likeness (QED) is 0.846. The lowest BCUT2D eigenvalue weighted by Gasteiger charge is -2.23. The number of sulfonamides is 1. The van der Waals surface area contributed by atoms with E-state index in [1.165, 1.54) is 5.57 Å². The van der Waals surface area contributed by atoms with Crippen molar-refractivity contribution >= 4 is 10.0 Å². The minimum Gasteiger partial charge on any atom is -0.211 e. The Morgan fingerprint density at radius 2 is 1.90 bits per heavy atom. The van der Waals surface area contributed by atoms with Crippen LogP contribution >= 0.6 is 0 Å². The number of aryl methyl sites for hydroxylation is 1. The maximum atomic E-state index is 12.3. The maximum Gasteiger partial charge on any atom is 0.240 e. The first-order valence-electron chi connectivity index (χ1n) is 7.53. The van der Waals surface area contributed by atoms with Crippen LogP contribution < -0.4 is 4.72 Å². The summed E-state index contributed by atoms with van der Waals surface area (Å²) in [7, 11) is -3.42. The van der Waals surface area contributed by atoms with Gasteiger partial charge in [-0.1, -0.05) is 36.8 Å². The van der Waals surface area contributed by atoms with Gasteiger partial charge in [-0.15, -0.1) is 0 Å². The number of benzene rings is 1. The molecule has 1 N–H and O–H groups in total. The van der Waals surface area contributed by atoms with Crippen molar-refractivity contribution < 1.29 is 8.42 Å². The molecule has 0 saturated heterocycles. The molecule has 21 heavy (non-hydrogen) atoms. The predicted molar refractivity (Wildman–Crippen MR) is 86.6 cm³/mol. The van der Waals surface area contributed by atoms with Crippen molar-refractivity contribution in [2.75, 3.05) is 6.54 Å². The highest BCUT2D eigenvalue weighted by atomic mass is 32.2. The molecule has 3 atom stereocenters. The number of hydrogen-bond donors (Lipinski definition) is 1. The van der Waals surface area contributed by atoms with Crippen LogP contribution in [0.4, 0.5) is 0 Å². The van der Waals surface area contributed by atoms with Gasteiger partial charge in [-0.25, -0.2) is 13.1 Å². The first-order chi connectivity index (χ1) is 9.81. The summed E-state index contributed by atoms with van der Waals surface area (Å²) in [6, 6.07) is 6.96. The third-order valence-electron chi connectivity index (χ3n) is 4.65. The molecule has 3 nitrogen and oxygen atoms in total. The second-order valence-electron chi connectivity index (χ2n) is 6.34. The first-order valence-corrected chi connectivity index (χ1v) is 9.01. The van der Waals surface area contributed by atoms with E-state index >= 15 is 0 Å². The van der Waals surface area contributed by atoms with Gasteiger partial charge in [-0.2, -0.15) is 0 Å². The van der Waals surface area contributed by atoms with Gasteiger partial charge >= 0.3 is 0 Å². The Kier molecular flexibility index (Phi) is 4.89. The van der Waals surface area contributed by atoms with Crippen LogP contribution in [0.5, 0.6) is 0 Å². The van der Waals surface area contributed by atoms with E-state index in [9.17, 15) is 8.42 Å². The van der Waals surface area contributed by atoms with E-state index in [1.54, 1.807) is 12.1 Å². The summed E-state index contributed by atoms with van der Waals surface area (Å²) in [5, 5.41) is 0. The van der Waals surface area contributed by atoms with E-state index < -0.39 is 10.0 Å². The Hall–Kier alpha value is -1.13. The van der Waals surface area contributed by atoms with E-state index in [2.05, 4.69) is 18.2 Å². The van der Waals surface area contributed by atoms with E-state index in [0.29, 0.717) is 29.2 Å². The molecule has 1 aliphatic rings. The SMILES string of the molecule is C=C(C)[C@@H]1CC[C@H](C)[C@H]1CNS(=O)(=O)c1ccc(C)cc1. The van der Waals surface area contributed by atoms with E-state index in [1.807, 2.05) is 26.0 Å². The van der Waals surface area contributed by atoms with Gasteiger partial charge in [-0.05, 0) is 56.6 Å². The molecule has 0 amide bonds. The Labute approximate surface area is 128 Å². The second kappa shape index (κ2) is 6.32. The second-order valence-corrected chi connectivity index (χ2v) is 8.10. The highest BCUT2D eigenvalue weighted by Gasteiger charge is 2.34. The summed E-state index contributed by atoms with van der Waals surface area (Å²) < 4.78 is 27.5. The number of allylic oxidation sites excluding steroid dienone is 1. The van der Waals surface area contributed by atoms with Crippen LogP contribution in [0.2, 0.25) is 0 Å². The van der Waals surface area contributed by atoms with Gasteiger partial charge in [0.05, 0.1) is 4.90 Å². The summed E-state index contributed by atoms with van der Waals surface area (Å²) in [6.45, 7) is 10.7. The highest BCUT2D eigenvalue weighted by molar-refractivity contribution is 7.89. The lowest BCUT2D eigenvalue weighted by Crippen LogP contribution is -2.33. The van der Waals surface area contributed by atoms with Crippen molar-refractivity contribution in [1.29, 1.82) is 0 Å².